The van der Waals surface area contributed by atoms with Gasteiger partial charge in [0.1, 0.15) is 5.56 Å². The first-order chi connectivity index (χ1) is 15.3. The third-order valence-corrected chi connectivity index (χ3v) is 5.56. The highest BCUT2D eigenvalue weighted by molar-refractivity contribution is 8.26. The van der Waals surface area contributed by atoms with E-state index < -0.39 is 16.8 Å². The Morgan fingerprint density at radius 2 is 1.91 bits per heavy atom. The van der Waals surface area contributed by atoms with Crippen LogP contribution in [-0.2, 0) is 4.79 Å². The minimum Gasteiger partial charge on any atom is -0.493 e. The van der Waals surface area contributed by atoms with Gasteiger partial charge in [-0.3, -0.25) is 14.9 Å². The van der Waals surface area contributed by atoms with Gasteiger partial charge in [0, 0.05) is 12.1 Å². The van der Waals surface area contributed by atoms with E-state index >= 15 is 0 Å². The monoisotopic (exact) mass is 473 g/mol. The average molecular weight is 473 g/mol. The highest BCUT2D eigenvalue weighted by Crippen LogP contribution is 2.37. The predicted octanol–water partition coefficient (Wildman–Crippen LogP) is 3.55. The van der Waals surface area contributed by atoms with Crippen LogP contribution in [0.4, 0.5) is 5.69 Å². The zero-order chi connectivity index (χ0) is 23.4. The zero-order valence-electron chi connectivity index (χ0n) is 16.7. The summed E-state index contributed by atoms with van der Waals surface area (Å²) in [6.45, 7) is 0. The Bertz CT molecular complexity index is 1180. The Balaban J connectivity index is 1.90. The number of thiocarbonyl (C=S) groups is 1. The number of thioether (sulfide) groups is 1. The van der Waals surface area contributed by atoms with E-state index in [0.717, 1.165) is 16.8 Å². The second kappa shape index (κ2) is 9.58. The summed E-state index contributed by atoms with van der Waals surface area (Å²) in [5.74, 6) is -1.52. The highest BCUT2D eigenvalue weighted by atomic mass is 32.2. The van der Waals surface area contributed by atoms with E-state index in [1.54, 1.807) is 0 Å². The van der Waals surface area contributed by atoms with Crippen LogP contribution < -0.4 is 9.47 Å². The molecule has 32 heavy (non-hydrogen) atoms. The normalized spacial score (nSPS) is 14.9. The van der Waals surface area contributed by atoms with Gasteiger partial charge >= 0.3 is 5.97 Å². The molecule has 3 rings (SSSR count). The lowest BCUT2D eigenvalue weighted by Crippen LogP contribution is -2.22. The van der Waals surface area contributed by atoms with Crippen molar-refractivity contribution in [3.8, 4) is 11.5 Å². The molecule has 0 unspecified atom stereocenters. The molecular weight excluding hydrogens is 458 g/mol. The van der Waals surface area contributed by atoms with Crippen LogP contribution in [0.5, 0.6) is 11.5 Å². The van der Waals surface area contributed by atoms with Crippen molar-refractivity contribution < 1.29 is 29.1 Å². The number of non-ortho nitro benzene ring substituents is 1. The molecule has 0 aromatic heterocycles. The molecule has 10 nitrogen and oxygen atoms in total. The molecule has 1 heterocycles. The van der Waals surface area contributed by atoms with E-state index in [1.807, 2.05) is 0 Å². The number of rotatable bonds is 7. The lowest BCUT2D eigenvalue weighted by Gasteiger charge is -2.12. The fraction of sp³-hybridized carbons (Fsp3) is 0.100. The molecule has 0 spiro atoms. The van der Waals surface area contributed by atoms with Crippen molar-refractivity contribution in [2.24, 2.45) is 5.10 Å². The van der Waals surface area contributed by atoms with E-state index in [-0.39, 0.29) is 37.5 Å². The quantitative estimate of drug-likeness (QED) is 0.211. The number of hydrazone groups is 1. The van der Waals surface area contributed by atoms with Crippen molar-refractivity contribution in [3.63, 3.8) is 0 Å². The fourth-order valence-electron chi connectivity index (χ4n) is 2.79. The molecule has 1 fully saturated rings. The second-order valence-corrected chi connectivity index (χ2v) is 7.83. The van der Waals surface area contributed by atoms with Gasteiger partial charge in [-0.25, -0.2) is 4.79 Å². The van der Waals surface area contributed by atoms with Gasteiger partial charge in [-0.1, -0.05) is 17.8 Å². The first-order valence-electron chi connectivity index (χ1n) is 8.81. The average Bonchev–Trinajstić information content (AvgIpc) is 3.04. The summed E-state index contributed by atoms with van der Waals surface area (Å²) in [5.41, 5.74) is 0.531. The molecule has 2 aromatic carbocycles. The van der Waals surface area contributed by atoms with Gasteiger partial charge in [0.15, 0.2) is 15.8 Å². The van der Waals surface area contributed by atoms with Crippen LogP contribution in [0, 0.1) is 10.1 Å². The Labute approximate surface area is 191 Å². The number of ether oxygens (including phenoxy) is 2. The second-order valence-electron chi connectivity index (χ2n) is 6.16. The highest BCUT2D eigenvalue weighted by Gasteiger charge is 2.33. The molecule has 1 aliphatic rings. The van der Waals surface area contributed by atoms with Crippen LogP contribution in [-0.4, -0.2) is 51.7 Å². The van der Waals surface area contributed by atoms with Gasteiger partial charge in [0.2, 0.25) is 0 Å². The summed E-state index contributed by atoms with van der Waals surface area (Å²) in [6, 6.07) is 8.63. The van der Waals surface area contributed by atoms with E-state index in [0.29, 0.717) is 5.56 Å². The molecule has 1 saturated heterocycles. The number of carbonyl (C=O) groups is 2. The van der Waals surface area contributed by atoms with Gasteiger partial charge in [-0.15, -0.1) is 0 Å². The molecule has 164 valence electrons. The SMILES string of the molecule is COc1ccc(/C=C2/SC(=S)N(/N=C/c3ccc([N+](=O)[O-])cc3)C2=O)c(C(=O)O)c1OC. The van der Waals surface area contributed by atoms with Gasteiger partial charge in [-0.2, -0.15) is 10.1 Å². The Morgan fingerprint density at radius 1 is 1.22 bits per heavy atom. The van der Waals surface area contributed by atoms with E-state index in [2.05, 4.69) is 5.10 Å². The Hall–Kier alpha value is -3.77. The van der Waals surface area contributed by atoms with Crippen molar-refractivity contribution in [2.75, 3.05) is 14.2 Å². The number of benzene rings is 2. The number of hydrogen-bond donors (Lipinski definition) is 1. The Kier molecular flexibility index (Phi) is 6.85. The van der Waals surface area contributed by atoms with Crippen molar-refractivity contribution in [1.82, 2.24) is 5.01 Å². The first-order valence-corrected chi connectivity index (χ1v) is 10.0. The molecule has 1 aliphatic heterocycles. The summed E-state index contributed by atoms with van der Waals surface area (Å²) >= 11 is 6.18. The maximum Gasteiger partial charge on any atom is 0.340 e. The van der Waals surface area contributed by atoms with E-state index in [1.165, 1.54) is 62.9 Å². The molecule has 2 aromatic rings. The molecule has 1 N–H and O–H groups in total. The maximum absolute atomic E-state index is 12.8. The summed E-state index contributed by atoms with van der Waals surface area (Å²) in [6.07, 6.45) is 2.74. The number of nitrogens with zero attached hydrogens (tertiary/aromatic N) is 3. The maximum atomic E-state index is 12.8. The fourth-order valence-corrected chi connectivity index (χ4v) is 3.95. The summed E-state index contributed by atoms with van der Waals surface area (Å²) in [5, 5.41) is 25.4. The van der Waals surface area contributed by atoms with Crippen LogP contribution >= 0.6 is 24.0 Å². The number of amides is 1. The number of hydrogen-bond acceptors (Lipinski definition) is 9. The van der Waals surface area contributed by atoms with Crippen molar-refractivity contribution >= 4 is 58.2 Å². The molecule has 0 aliphatic carbocycles. The molecule has 0 radical (unpaired) electrons. The number of nitro groups is 1. The number of carbonyl (C=O) groups excluding carboxylic acids is 1. The zero-order valence-corrected chi connectivity index (χ0v) is 18.3. The summed E-state index contributed by atoms with van der Waals surface area (Å²) < 4.78 is 10.5. The lowest BCUT2D eigenvalue weighted by atomic mass is 10.0. The van der Waals surface area contributed by atoms with Gasteiger partial charge in [0.25, 0.3) is 11.6 Å². The van der Waals surface area contributed by atoms with Gasteiger partial charge < -0.3 is 14.6 Å². The molecule has 1 amide bonds. The largest absolute Gasteiger partial charge is 0.493 e. The molecule has 0 saturated carbocycles. The first kappa shape index (κ1) is 22.9. The molecule has 0 atom stereocenters. The number of aromatic carboxylic acids is 1. The van der Waals surface area contributed by atoms with Crippen LogP contribution in [0.3, 0.4) is 0 Å². The third kappa shape index (κ3) is 4.60. The minimum atomic E-state index is -1.25. The smallest absolute Gasteiger partial charge is 0.340 e. The topological polar surface area (TPSA) is 132 Å². The molecule has 0 bridgehead atoms. The number of methoxy groups -OCH3 is 2. The molecular formula is C20H15N3O7S2. The van der Waals surface area contributed by atoms with Crippen molar-refractivity contribution in [2.45, 2.75) is 0 Å². The van der Waals surface area contributed by atoms with Crippen LogP contribution in [0.15, 0.2) is 46.4 Å². The number of carboxylic acid groups (broad SMARTS) is 1. The van der Waals surface area contributed by atoms with Crippen LogP contribution in [0.25, 0.3) is 6.08 Å². The van der Waals surface area contributed by atoms with E-state index in [9.17, 15) is 24.8 Å². The van der Waals surface area contributed by atoms with Gasteiger partial charge in [0.05, 0.1) is 30.3 Å². The molecule has 12 heteroatoms. The number of carboxylic acids is 1. The lowest BCUT2D eigenvalue weighted by molar-refractivity contribution is -0.384. The predicted molar refractivity (Wildman–Crippen MR) is 122 cm³/mol. The summed E-state index contributed by atoms with van der Waals surface area (Å²) in [4.78, 5) is 35.0. The van der Waals surface area contributed by atoms with E-state index in [4.69, 9.17) is 21.7 Å². The van der Waals surface area contributed by atoms with Crippen molar-refractivity contribution in [1.29, 1.82) is 0 Å². The summed E-state index contributed by atoms with van der Waals surface area (Å²) in [7, 11) is 2.71. The van der Waals surface area contributed by atoms with Crippen molar-refractivity contribution in [3.05, 3.63) is 68.1 Å². The third-order valence-electron chi connectivity index (χ3n) is 4.28. The van der Waals surface area contributed by atoms with Crippen LogP contribution in [0.2, 0.25) is 0 Å². The number of nitro benzene ring substituents is 1. The Morgan fingerprint density at radius 3 is 2.47 bits per heavy atom. The van der Waals surface area contributed by atoms with Gasteiger partial charge in [-0.05, 0) is 47.6 Å². The van der Waals surface area contributed by atoms with Crippen LogP contribution in [0.1, 0.15) is 21.5 Å². The standard InChI is InChI=1S/C20H15N3O7S2/c1-29-14-8-5-12(16(19(25)26)17(14)30-2)9-15-18(24)22(20(31)32-15)21-10-11-3-6-13(7-4-11)23(27)28/h3-10H,1-2H3,(H,25,26)/b15-9+,21-10+. The minimum absolute atomic E-state index is 0.0282.